The Morgan fingerprint density at radius 3 is 2.70 bits per heavy atom. The molecule has 0 N–H and O–H groups in total. The van der Waals surface area contributed by atoms with Gasteiger partial charge in [-0.25, -0.2) is 4.79 Å². The molecule has 3 nitrogen and oxygen atoms in total. The minimum atomic E-state index is -0.277. The van der Waals surface area contributed by atoms with E-state index in [4.69, 9.17) is 9.72 Å². The molecule has 104 valence electrons. The third kappa shape index (κ3) is 2.40. The summed E-state index contributed by atoms with van der Waals surface area (Å²) in [6.45, 7) is 0. The van der Waals surface area contributed by atoms with Gasteiger partial charge in [0.25, 0.3) is 0 Å². The van der Waals surface area contributed by atoms with Crippen LogP contribution in [0.4, 0.5) is 0 Å². The first kappa shape index (κ1) is 13.1. The van der Waals surface area contributed by atoms with Crippen molar-refractivity contribution in [2.45, 2.75) is 38.0 Å². The molecule has 1 fully saturated rings. The minimum absolute atomic E-state index is 0.277. The first-order chi connectivity index (χ1) is 9.79. The second-order valence-corrected chi connectivity index (χ2v) is 5.44. The summed E-state index contributed by atoms with van der Waals surface area (Å²) >= 11 is 0. The van der Waals surface area contributed by atoms with Crippen LogP contribution in [0.1, 0.15) is 54.1 Å². The summed E-state index contributed by atoms with van der Waals surface area (Å²) in [5.74, 6) is 0.206. The van der Waals surface area contributed by atoms with Gasteiger partial charge in [-0.1, -0.05) is 37.5 Å². The number of rotatable bonds is 2. The molecule has 1 saturated carbocycles. The van der Waals surface area contributed by atoms with Gasteiger partial charge in [-0.2, -0.15) is 0 Å². The topological polar surface area (TPSA) is 39.2 Å². The van der Waals surface area contributed by atoms with Crippen LogP contribution in [-0.4, -0.2) is 18.1 Å². The van der Waals surface area contributed by atoms with Crippen LogP contribution in [0.2, 0.25) is 0 Å². The maximum absolute atomic E-state index is 12.0. The van der Waals surface area contributed by atoms with E-state index in [2.05, 4.69) is 0 Å². The van der Waals surface area contributed by atoms with E-state index in [0.29, 0.717) is 11.5 Å². The fraction of sp³-hybridized carbons (Fsp3) is 0.412. The lowest BCUT2D eigenvalue weighted by Gasteiger charge is -2.22. The van der Waals surface area contributed by atoms with Crippen molar-refractivity contribution in [3.63, 3.8) is 0 Å². The van der Waals surface area contributed by atoms with Gasteiger partial charge < -0.3 is 4.74 Å². The molecule has 1 aliphatic carbocycles. The number of pyridine rings is 1. The molecule has 1 heterocycles. The Labute approximate surface area is 119 Å². The van der Waals surface area contributed by atoms with Crippen LogP contribution < -0.4 is 0 Å². The van der Waals surface area contributed by atoms with E-state index in [1.807, 2.05) is 30.3 Å². The SMILES string of the molecule is COC(=O)c1cc(C2CCCCC2)nc2ccccc12. The Kier molecular flexibility index (Phi) is 3.68. The van der Waals surface area contributed by atoms with Crippen LogP contribution in [0.5, 0.6) is 0 Å². The molecule has 0 saturated heterocycles. The smallest absolute Gasteiger partial charge is 0.338 e. The average molecular weight is 269 g/mol. The standard InChI is InChI=1S/C17H19NO2/c1-20-17(19)14-11-16(12-7-3-2-4-8-12)18-15-10-6-5-9-13(14)15/h5-6,9-12H,2-4,7-8H2,1H3. The molecule has 3 rings (SSSR count). The number of hydrogen-bond acceptors (Lipinski definition) is 3. The zero-order valence-corrected chi connectivity index (χ0v) is 11.8. The Morgan fingerprint density at radius 1 is 1.20 bits per heavy atom. The molecule has 2 aromatic rings. The summed E-state index contributed by atoms with van der Waals surface area (Å²) in [6, 6.07) is 9.72. The van der Waals surface area contributed by atoms with Crippen molar-refractivity contribution < 1.29 is 9.53 Å². The van der Waals surface area contributed by atoms with Gasteiger partial charge in [-0.3, -0.25) is 4.98 Å². The summed E-state index contributed by atoms with van der Waals surface area (Å²) in [5.41, 5.74) is 2.57. The number of carbonyl (C=O) groups is 1. The zero-order valence-electron chi connectivity index (χ0n) is 11.8. The number of aromatic nitrogens is 1. The molecule has 1 aromatic heterocycles. The molecule has 0 amide bonds. The highest BCUT2D eigenvalue weighted by molar-refractivity contribution is 6.03. The molecule has 0 spiro atoms. The van der Waals surface area contributed by atoms with Crippen molar-refractivity contribution in [2.75, 3.05) is 7.11 Å². The summed E-state index contributed by atoms with van der Waals surface area (Å²) in [5, 5.41) is 0.874. The number of hydrogen-bond donors (Lipinski definition) is 0. The number of fused-ring (bicyclic) bond motifs is 1. The van der Waals surface area contributed by atoms with Crippen LogP contribution in [0, 0.1) is 0 Å². The van der Waals surface area contributed by atoms with Gasteiger partial charge in [-0.05, 0) is 25.0 Å². The Morgan fingerprint density at radius 2 is 1.95 bits per heavy atom. The van der Waals surface area contributed by atoms with Gasteiger partial charge in [0.05, 0.1) is 18.2 Å². The van der Waals surface area contributed by atoms with Crippen molar-refractivity contribution in [1.82, 2.24) is 4.98 Å². The quantitative estimate of drug-likeness (QED) is 0.771. The van der Waals surface area contributed by atoms with Crippen molar-refractivity contribution in [1.29, 1.82) is 0 Å². The number of ether oxygens (including phenoxy) is 1. The molecule has 20 heavy (non-hydrogen) atoms. The van der Waals surface area contributed by atoms with Crippen molar-refractivity contribution in [3.05, 3.63) is 41.6 Å². The predicted molar refractivity (Wildman–Crippen MR) is 78.9 cm³/mol. The highest BCUT2D eigenvalue weighted by Gasteiger charge is 2.20. The first-order valence-corrected chi connectivity index (χ1v) is 7.27. The maximum atomic E-state index is 12.0. The minimum Gasteiger partial charge on any atom is -0.465 e. The number of carbonyl (C=O) groups excluding carboxylic acids is 1. The Bertz CT molecular complexity index is 630. The van der Waals surface area contributed by atoms with Gasteiger partial charge in [-0.15, -0.1) is 0 Å². The van der Waals surface area contributed by atoms with Crippen LogP contribution >= 0.6 is 0 Å². The fourth-order valence-corrected chi connectivity index (χ4v) is 3.08. The lowest BCUT2D eigenvalue weighted by Crippen LogP contribution is -2.10. The van der Waals surface area contributed by atoms with Gasteiger partial charge in [0.2, 0.25) is 0 Å². The third-order valence-electron chi connectivity index (χ3n) is 4.16. The van der Waals surface area contributed by atoms with E-state index in [0.717, 1.165) is 16.6 Å². The second kappa shape index (κ2) is 5.61. The molecule has 0 radical (unpaired) electrons. The summed E-state index contributed by atoms with van der Waals surface area (Å²) in [6.07, 6.45) is 6.17. The number of esters is 1. The molecule has 0 aliphatic heterocycles. The summed E-state index contributed by atoms with van der Waals surface area (Å²) in [7, 11) is 1.43. The van der Waals surface area contributed by atoms with Gasteiger partial charge >= 0.3 is 5.97 Å². The van der Waals surface area contributed by atoms with Gasteiger partial charge in [0.1, 0.15) is 0 Å². The number of benzene rings is 1. The van der Waals surface area contributed by atoms with Gasteiger partial charge in [0.15, 0.2) is 0 Å². The highest BCUT2D eigenvalue weighted by Crippen LogP contribution is 2.33. The van der Waals surface area contributed by atoms with Gasteiger partial charge in [0, 0.05) is 17.0 Å². The lowest BCUT2D eigenvalue weighted by atomic mass is 9.86. The van der Waals surface area contributed by atoms with E-state index in [1.54, 1.807) is 0 Å². The average Bonchev–Trinajstić information content (AvgIpc) is 2.54. The molecule has 0 atom stereocenters. The largest absolute Gasteiger partial charge is 0.465 e. The normalized spacial score (nSPS) is 16.2. The van der Waals surface area contributed by atoms with Crippen LogP contribution in [0.25, 0.3) is 10.9 Å². The molecular weight excluding hydrogens is 250 g/mol. The molecule has 1 aliphatic rings. The lowest BCUT2D eigenvalue weighted by molar-refractivity contribution is 0.0602. The first-order valence-electron chi connectivity index (χ1n) is 7.27. The molecular formula is C17H19NO2. The van der Waals surface area contributed by atoms with E-state index in [-0.39, 0.29) is 5.97 Å². The predicted octanol–water partition coefficient (Wildman–Crippen LogP) is 4.07. The number of methoxy groups -OCH3 is 1. The molecule has 1 aromatic carbocycles. The van der Waals surface area contributed by atoms with Crippen molar-refractivity contribution in [3.8, 4) is 0 Å². The fourth-order valence-electron chi connectivity index (χ4n) is 3.08. The van der Waals surface area contributed by atoms with Crippen LogP contribution in [-0.2, 0) is 4.74 Å². The monoisotopic (exact) mass is 269 g/mol. The highest BCUT2D eigenvalue weighted by atomic mass is 16.5. The van der Waals surface area contributed by atoms with Crippen molar-refractivity contribution >= 4 is 16.9 Å². The zero-order chi connectivity index (χ0) is 13.9. The maximum Gasteiger partial charge on any atom is 0.338 e. The molecule has 0 bridgehead atoms. The second-order valence-electron chi connectivity index (χ2n) is 5.44. The van der Waals surface area contributed by atoms with Crippen LogP contribution in [0.3, 0.4) is 0 Å². The molecule has 0 unspecified atom stereocenters. The molecule has 3 heteroatoms. The van der Waals surface area contributed by atoms with Crippen LogP contribution in [0.15, 0.2) is 30.3 Å². The van der Waals surface area contributed by atoms with Crippen molar-refractivity contribution in [2.24, 2.45) is 0 Å². The number of nitrogens with zero attached hydrogens (tertiary/aromatic N) is 1. The Hall–Kier alpha value is -1.90. The van der Waals surface area contributed by atoms with E-state index in [1.165, 1.54) is 39.2 Å². The van der Waals surface area contributed by atoms with E-state index < -0.39 is 0 Å². The van der Waals surface area contributed by atoms with E-state index in [9.17, 15) is 4.79 Å². The summed E-state index contributed by atoms with van der Waals surface area (Å²) < 4.78 is 4.92. The number of para-hydroxylation sites is 1. The van der Waals surface area contributed by atoms with E-state index >= 15 is 0 Å². The third-order valence-corrected chi connectivity index (χ3v) is 4.16. The summed E-state index contributed by atoms with van der Waals surface area (Å²) in [4.78, 5) is 16.8. The Balaban J connectivity index is 2.11.